The first kappa shape index (κ1) is 13.1. The van der Waals surface area contributed by atoms with E-state index < -0.39 is 0 Å². The molecule has 0 saturated heterocycles. The fourth-order valence-electron chi connectivity index (χ4n) is 1.66. The number of phenols is 1. The van der Waals surface area contributed by atoms with Gasteiger partial charge in [0.05, 0.1) is 10.6 Å². The molecule has 0 aliphatic heterocycles. The summed E-state index contributed by atoms with van der Waals surface area (Å²) in [4.78, 5) is 8.30. The van der Waals surface area contributed by atoms with Crippen LogP contribution in [0, 0.1) is 0 Å². The second-order valence-corrected chi connectivity index (χ2v) is 5.30. The van der Waals surface area contributed by atoms with Crippen molar-refractivity contribution in [1.29, 1.82) is 0 Å². The number of nitrogens with zero attached hydrogens (tertiary/aromatic N) is 3. The van der Waals surface area contributed by atoms with E-state index >= 15 is 0 Å². The van der Waals surface area contributed by atoms with Crippen molar-refractivity contribution in [3.8, 4) is 28.6 Å². The largest absolute Gasteiger partial charge is 0.508 e. The van der Waals surface area contributed by atoms with Gasteiger partial charge in [0, 0.05) is 22.4 Å². The van der Waals surface area contributed by atoms with Crippen LogP contribution in [0.25, 0.3) is 22.8 Å². The van der Waals surface area contributed by atoms with Crippen molar-refractivity contribution in [2.24, 2.45) is 0 Å². The maximum absolute atomic E-state index is 9.49. The molecule has 0 spiro atoms. The molecule has 0 unspecified atom stereocenters. The Morgan fingerprint density at radius 1 is 1.20 bits per heavy atom. The molecule has 3 aromatic rings. The number of phenolic OH excluding ortho intramolecular Hbond substituents is 1. The Labute approximate surface area is 127 Å². The van der Waals surface area contributed by atoms with Crippen molar-refractivity contribution >= 4 is 27.5 Å². The third kappa shape index (κ3) is 2.52. The van der Waals surface area contributed by atoms with Crippen LogP contribution in [0.4, 0.5) is 0 Å². The molecule has 0 saturated carbocycles. The molecular weight excluding hydrogens is 346 g/mol. The minimum atomic E-state index is 0.0771. The minimum Gasteiger partial charge on any atom is -0.508 e. The number of rotatable bonds is 2. The highest BCUT2D eigenvalue weighted by atomic mass is 79.9. The van der Waals surface area contributed by atoms with Crippen LogP contribution in [0.2, 0.25) is 5.02 Å². The van der Waals surface area contributed by atoms with Gasteiger partial charge in [0.1, 0.15) is 5.75 Å². The number of benzene rings is 1. The molecule has 0 bridgehead atoms. The van der Waals surface area contributed by atoms with Gasteiger partial charge in [0.25, 0.3) is 5.89 Å². The Morgan fingerprint density at radius 2 is 2.05 bits per heavy atom. The van der Waals surface area contributed by atoms with Crippen LogP contribution < -0.4 is 0 Å². The highest BCUT2D eigenvalue weighted by molar-refractivity contribution is 9.10. The molecule has 0 amide bonds. The Kier molecular flexibility index (Phi) is 3.42. The van der Waals surface area contributed by atoms with E-state index in [2.05, 4.69) is 31.1 Å². The number of pyridine rings is 1. The molecule has 7 heteroatoms. The third-order valence-electron chi connectivity index (χ3n) is 2.57. The maximum Gasteiger partial charge on any atom is 0.259 e. The molecule has 1 N–H and O–H groups in total. The third-order valence-corrected chi connectivity index (χ3v) is 3.33. The molecule has 100 valence electrons. The fourth-order valence-corrected chi connectivity index (χ4v) is 2.22. The van der Waals surface area contributed by atoms with Crippen molar-refractivity contribution in [2.75, 3.05) is 0 Å². The van der Waals surface area contributed by atoms with E-state index in [9.17, 15) is 5.11 Å². The fraction of sp³-hybridized carbons (Fsp3) is 0. The van der Waals surface area contributed by atoms with Crippen LogP contribution in [0.1, 0.15) is 0 Å². The molecule has 0 atom stereocenters. The molecule has 0 aliphatic rings. The lowest BCUT2D eigenvalue weighted by Gasteiger charge is -1.98. The van der Waals surface area contributed by atoms with E-state index in [0.29, 0.717) is 22.0 Å². The van der Waals surface area contributed by atoms with Crippen LogP contribution in [0.5, 0.6) is 5.75 Å². The second-order valence-electron chi connectivity index (χ2n) is 3.98. The predicted octanol–water partition coefficient (Wildman–Crippen LogP) is 3.92. The molecule has 2 aromatic heterocycles. The quantitative estimate of drug-likeness (QED) is 0.757. The molecule has 1 aromatic carbocycles. The van der Waals surface area contributed by atoms with E-state index in [1.54, 1.807) is 18.5 Å². The highest BCUT2D eigenvalue weighted by Gasteiger charge is 2.14. The summed E-state index contributed by atoms with van der Waals surface area (Å²) >= 11 is 9.38. The maximum atomic E-state index is 9.49. The number of halogens is 2. The van der Waals surface area contributed by atoms with E-state index in [1.807, 2.05) is 6.07 Å². The predicted molar refractivity (Wildman–Crippen MR) is 77.3 cm³/mol. The van der Waals surface area contributed by atoms with Gasteiger partial charge in [-0.15, -0.1) is 0 Å². The lowest BCUT2D eigenvalue weighted by Crippen LogP contribution is -1.83. The topological polar surface area (TPSA) is 72.0 Å². The van der Waals surface area contributed by atoms with Crippen LogP contribution in [-0.2, 0) is 0 Å². The Bertz CT molecular complexity index is 776. The smallest absolute Gasteiger partial charge is 0.259 e. The van der Waals surface area contributed by atoms with E-state index in [0.717, 1.165) is 4.47 Å². The summed E-state index contributed by atoms with van der Waals surface area (Å²) in [7, 11) is 0. The van der Waals surface area contributed by atoms with E-state index in [-0.39, 0.29) is 11.6 Å². The number of hydrogen-bond acceptors (Lipinski definition) is 5. The summed E-state index contributed by atoms with van der Waals surface area (Å²) < 4.78 is 6.00. The lowest BCUT2D eigenvalue weighted by atomic mass is 10.2. The van der Waals surface area contributed by atoms with Gasteiger partial charge in [-0.25, -0.2) is 0 Å². The zero-order valence-electron chi connectivity index (χ0n) is 9.92. The summed E-state index contributed by atoms with van der Waals surface area (Å²) in [5, 5.41) is 13.8. The average molecular weight is 353 g/mol. The normalized spacial score (nSPS) is 10.7. The summed E-state index contributed by atoms with van der Waals surface area (Å²) in [6.45, 7) is 0. The van der Waals surface area contributed by atoms with Crippen LogP contribution in [0.15, 0.2) is 45.7 Å². The van der Waals surface area contributed by atoms with Gasteiger partial charge < -0.3 is 9.63 Å². The minimum absolute atomic E-state index is 0.0771. The second kappa shape index (κ2) is 5.22. The first-order chi connectivity index (χ1) is 9.63. The first-order valence-corrected chi connectivity index (χ1v) is 6.74. The van der Waals surface area contributed by atoms with Crippen molar-refractivity contribution < 1.29 is 9.63 Å². The highest BCUT2D eigenvalue weighted by Crippen LogP contribution is 2.31. The summed E-state index contributed by atoms with van der Waals surface area (Å²) in [5.74, 6) is 0.711. The molecular formula is C13H7BrClN3O2. The lowest BCUT2D eigenvalue weighted by molar-refractivity contribution is 0.431. The Morgan fingerprint density at radius 3 is 2.85 bits per heavy atom. The van der Waals surface area contributed by atoms with Crippen molar-refractivity contribution in [3.63, 3.8) is 0 Å². The van der Waals surface area contributed by atoms with Gasteiger partial charge in [0.2, 0.25) is 5.82 Å². The number of aromatic hydroxyl groups is 1. The molecule has 2 heterocycles. The van der Waals surface area contributed by atoms with Gasteiger partial charge in [-0.05, 0) is 40.2 Å². The first-order valence-electron chi connectivity index (χ1n) is 5.57. The molecule has 20 heavy (non-hydrogen) atoms. The Balaban J connectivity index is 2.04. The van der Waals surface area contributed by atoms with Crippen molar-refractivity contribution in [3.05, 3.63) is 46.2 Å². The van der Waals surface area contributed by atoms with Crippen LogP contribution in [0.3, 0.4) is 0 Å². The van der Waals surface area contributed by atoms with Gasteiger partial charge in [-0.2, -0.15) is 4.98 Å². The van der Waals surface area contributed by atoms with Gasteiger partial charge in [0.15, 0.2) is 0 Å². The molecule has 5 nitrogen and oxygen atoms in total. The van der Waals surface area contributed by atoms with Gasteiger partial charge in [-0.1, -0.05) is 16.8 Å². The molecule has 3 rings (SSSR count). The average Bonchev–Trinajstić information content (AvgIpc) is 2.91. The SMILES string of the molecule is Oc1ccc(Cl)c(-c2nc(-c3cncc(Br)c3)no2)c1. The molecule has 0 aliphatic carbocycles. The summed E-state index contributed by atoms with van der Waals surface area (Å²) in [5.41, 5.74) is 1.19. The van der Waals surface area contributed by atoms with Gasteiger partial charge in [-0.3, -0.25) is 4.98 Å². The molecule has 0 fully saturated rings. The zero-order valence-corrected chi connectivity index (χ0v) is 12.3. The zero-order chi connectivity index (χ0) is 14.1. The number of hydrogen-bond donors (Lipinski definition) is 1. The summed E-state index contributed by atoms with van der Waals surface area (Å²) in [6.07, 6.45) is 3.29. The van der Waals surface area contributed by atoms with Crippen LogP contribution in [-0.4, -0.2) is 20.2 Å². The summed E-state index contributed by atoms with van der Waals surface area (Å²) in [6, 6.07) is 6.35. The standard InChI is InChI=1S/C13H7BrClN3O2/c14-8-3-7(5-16-6-8)12-17-13(20-18-12)10-4-9(19)1-2-11(10)15/h1-6,19H. The van der Waals surface area contributed by atoms with Crippen molar-refractivity contribution in [1.82, 2.24) is 15.1 Å². The monoisotopic (exact) mass is 351 g/mol. The van der Waals surface area contributed by atoms with E-state index in [1.165, 1.54) is 12.1 Å². The van der Waals surface area contributed by atoms with E-state index in [4.69, 9.17) is 16.1 Å². The van der Waals surface area contributed by atoms with Crippen LogP contribution >= 0.6 is 27.5 Å². The number of aromatic nitrogens is 3. The molecule has 0 radical (unpaired) electrons. The van der Waals surface area contributed by atoms with Gasteiger partial charge >= 0.3 is 0 Å². The van der Waals surface area contributed by atoms with Crippen molar-refractivity contribution in [2.45, 2.75) is 0 Å². The Hall–Kier alpha value is -1.92.